The molecule has 0 N–H and O–H groups in total. The fourth-order valence-electron chi connectivity index (χ4n) is 3.00. The number of rotatable bonds is 9. The van der Waals surface area contributed by atoms with Crippen molar-refractivity contribution in [1.82, 2.24) is 9.80 Å². The third-order valence-corrected chi connectivity index (χ3v) is 4.99. The minimum atomic E-state index is -0.281. The Labute approximate surface area is 166 Å². The third-order valence-electron chi connectivity index (χ3n) is 4.99. The molecule has 2 rings (SSSR count). The van der Waals surface area contributed by atoms with Crippen LogP contribution in [0.1, 0.15) is 31.0 Å². The maximum atomic E-state index is 13.1. The van der Waals surface area contributed by atoms with Crippen LogP contribution in [0.5, 0.6) is 11.5 Å². The Morgan fingerprint density at radius 1 is 1.07 bits per heavy atom. The van der Waals surface area contributed by atoms with Crippen LogP contribution < -0.4 is 9.47 Å². The van der Waals surface area contributed by atoms with Crippen LogP contribution in [0.25, 0.3) is 0 Å². The third kappa shape index (κ3) is 5.45. The Hall–Kier alpha value is -2.60. The molecule has 0 bridgehead atoms. The number of carbonyl (C=O) groups is 1. The molecule has 2 aromatic rings. The van der Waals surface area contributed by atoms with Crippen molar-refractivity contribution in [2.75, 3.05) is 34.4 Å². The van der Waals surface area contributed by atoms with Crippen molar-refractivity contribution in [2.24, 2.45) is 0 Å². The normalized spacial score (nSPS) is 12.0. The molecule has 0 aromatic heterocycles. The van der Waals surface area contributed by atoms with Gasteiger partial charge < -0.3 is 14.4 Å². The molecule has 0 aliphatic heterocycles. The van der Waals surface area contributed by atoms with Crippen molar-refractivity contribution in [3.63, 3.8) is 0 Å². The topological polar surface area (TPSA) is 42.0 Å². The van der Waals surface area contributed by atoms with Crippen LogP contribution in [0, 0.1) is 5.82 Å². The predicted molar refractivity (Wildman–Crippen MR) is 108 cm³/mol. The quantitative estimate of drug-likeness (QED) is 0.654. The van der Waals surface area contributed by atoms with Crippen molar-refractivity contribution in [3.8, 4) is 11.5 Å². The molecule has 28 heavy (non-hydrogen) atoms. The number of ether oxygens (including phenoxy) is 2. The summed E-state index contributed by atoms with van der Waals surface area (Å²) < 4.78 is 23.8. The van der Waals surface area contributed by atoms with E-state index in [9.17, 15) is 9.18 Å². The van der Waals surface area contributed by atoms with E-state index in [4.69, 9.17) is 9.47 Å². The Kier molecular flexibility index (Phi) is 7.81. The second-order valence-corrected chi connectivity index (χ2v) is 6.72. The number of carbonyl (C=O) groups excluding carboxylic acids is 1. The van der Waals surface area contributed by atoms with Gasteiger partial charge in [-0.1, -0.05) is 25.1 Å². The Bertz CT molecular complexity index is 780. The summed E-state index contributed by atoms with van der Waals surface area (Å²) in [6.45, 7) is 5.63. The van der Waals surface area contributed by atoms with Crippen LogP contribution in [-0.4, -0.2) is 50.1 Å². The van der Waals surface area contributed by atoms with Gasteiger partial charge in [0.05, 0.1) is 26.8 Å². The average molecular weight is 388 g/mol. The maximum absolute atomic E-state index is 13.1. The SMILES string of the molecule is CCN(CC(=O)N(C)C(C)c1ccc(F)cc1)Cc1ccc(OC)c(OC)c1. The first-order chi connectivity index (χ1) is 13.4. The first-order valence-electron chi connectivity index (χ1n) is 9.34. The fourth-order valence-corrected chi connectivity index (χ4v) is 3.00. The summed E-state index contributed by atoms with van der Waals surface area (Å²) in [5.41, 5.74) is 1.95. The number of halogens is 1. The summed E-state index contributed by atoms with van der Waals surface area (Å²) in [5.74, 6) is 1.08. The molecule has 0 heterocycles. The number of hydrogen-bond acceptors (Lipinski definition) is 4. The molecule has 0 spiro atoms. The van der Waals surface area contributed by atoms with Crippen LogP contribution in [-0.2, 0) is 11.3 Å². The average Bonchev–Trinajstić information content (AvgIpc) is 2.72. The molecule has 0 aliphatic rings. The van der Waals surface area contributed by atoms with Gasteiger partial charge in [0.25, 0.3) is 0 Å². The molecule has 0 saturated heterocycles. The summed E-state index contributed by atoms with van der Waals surface area (Å²) >= 11 is 0. The standard InChI is InChI=1S/C22H29FN2O3/c1-6-25(14-17-7-12-20(27-4)21(13-17)28-5)15-22(26)24(3)16(2)18-8-10-19(23)11-9-18/h7-13,16H,6,14-15H2,1-5H3. The van der Waals surface area contributed by atoms with E-state index >= 15 is 0 Å². The molecule has 1 amide bonds. The number of methoxy groups -OCH3 is 2. The molecule has 0 fully saturated rings. The first-order valence-corrected chi connectivity index (χ1v) is 9.34. The summed E-state index contributed by atoms with van der Waals surface area (Å²) in [6.07, 6.45) is 0. The van der Waals surface area contributed by atoms with Crippen molar-refractivity contribution >= 4 is 5.91 Å². The highest BCUT2D eigenvalue weighted by atomic mass is 19.1. The summed E-state index contributed by atoms with van der Waals surface area (Å²) in [6, 6.07) is 11.9. The molecular weight excluding hydrogens is 359 g/mol. The molecule has 0 saturated carbocycles. The zero-order valence-corrected chi connectivity index (χ0v) is 17.2. The van der Waals surface area contributed by atoms with Gasteiger partial charge in [-0.2, -0.15) is 0 Å². The largest absolute Gasteiger partial charge is 0.493 e. The number of hydrogen-bond donors (Lipinski definition) is 0. The molecule has 0 aliphatic carbocycles. The van der Waals surface area contributed by atoms with E-state index in [-0.39, 0.29) is 17.8 Å². The first kappa shape index (κ1) is 21.7. The number of likely N-dealkylation sites (N-methyl/N-ethyl adjacent to an activating group) is 2. The predicted octanol–water partition coefficient (Wildman–Crippen LogP) is 3.88. The van der Waals surface area contributed by atoms with Crippen LogP contribution in [0.15, 0.2) is 42.5 Å². The lowest BCUT2D eigenvalue weighted by molar-refractivity contribution is -0.133. The van der Waals surface area contributed by atoms with E-state index in [1.54, 1.807) is 38.3 Å². The second kappa shape index (κ2) is 10.1. The van der Waals surface area contributed by atoms with E-state index in [2.05, 4.69) is 4.90 Å². The van der Waals surface area contributed by atoms with Gasteiger partial charge in [0, 0.05) is 13.6 Å². The van der Waals surface area contributed by atoms with Crippen LogP contribution in [0.3, 0.4) is 0 Å². The lowest BCUT2D eigenvalue weighted by atomic mass is 10.1. The van der Waals surface area contributed by atoms with E-state index in [1.165, 1.54) is 12.1 Å². The molecule has 5 nitrogen and oxygen atoms in total. The van der Waals surface area contributed by atoms with Crippen LogP contribution >= 0.6 is 0 Å². The van der Waals surface area contributed by atoms with E-state index in [0.717, 1.165) is 17.7 Å². The van der Waals surface area contributed by atoms with Crippen LogP contribution in [0.2, 0.25) is 0 Å². The van der Waals surface area contributed by atoms with Gasteiger partial charge in [-0.15, -0.1) is 0 Å². The molecule has 0 radical (unpaired) electrons. The van der Waals surface area contributed by atoms with Crippen molar-refractivity contribution in [1.29, 1.82) is 0 Å². The van der Waals surface area contributed by atoms with Gasteiger partial charge in [-0.05, 0) is 48.9 Å². The van der Waals surface area contributed by atoms with Crippen LogP contribution in [0.4, 0.5) is 4.39 Å². The lowest BCUT2D eigenvalue weighted by Crippen LogP contribution is -2.39. The highest BCUT2D eigenvalue weighted by Crippen LogP contribution is 2.28. The number of amides is 1. The maximum Gasteiger partial charge on any atom is 0.237 e. The highest BCUT2D eigenvalue weighted by molar-refractivity contribution is 5.78. The van der Waals surface area contributed by atoms with E-state index < -0.39 is 0 Å². The van der Waals surface area contributed by atoms with Crippen molar-refractivity contribution < 1.29 is 18.7 Å². The summed E-state index contributed by atoms with van der Waals surface area (Å²) in [5, 5.41) is 0. The second-order valence-electron chi connectivity index (χ2n) is 6.72. The molecule has 1 atom stereocenters. The molecule has 1 unspecified atom stereocenters. The molecular formula is C22H29FN2O3. The smallest absolute Gasteiger partial charge is 0.237 e. The van der Waals surface area contributed by atoms with E-state index in [0.29, 0.717) is 24.6 Å². The zero-order chi connectivity index (χ0) is 20.7. The minimum absolute atomic E-state index is 0.0131. The van der Waals surface area contributed by atoms with Gasteiger partial charge >= 0.3 is 0 Å². The highest BCUT2D eigenvalue weighted by Gasteiger charge is 2.20. The number of nitrogens with zero attached hydrogens (tertiary/aromatic N) is 2. The summed E-state index contributed by atoms with van der Waals surface area (Å²) in [7, 11) is 4.99. The zero-order valence-electron chi connectivity index (χ0n) is 17.2. The summed E-state index contributed by atoms with van der Waals surface area (Å²) in [4.78, 5) is 16.5. The van der Waals surface area contributed by atoms with Crippen molar-refractivity contribution in [3.05, 3.63) is 59.4 Å². The van der Waals surface area contributed by atoms with Gasteiger partial charge in [0.1, 0.15) is 5.82 Å². The Morgan fingerprint density at radius 3 is 2.29 bits per heavy atom. The Balaban J connectivity index is 2.03. The minimum Gasteiger partial charge on any atom is -0.493 e. The molecule has 6 heteroatoms. The lowest BCUT2D eigenvalue weighted by Gasteiger charge is -2.28. The Morgan fingerprint density at radius 2 is 1.71 bits per heavy atom. The van der Waals surface area contributed by atoms with E-state index in [1.807, 2.05) is 32.0 Å². The fraction of sp³-hybridized carbons (Fsp3) is 0.409. The number of benzene rings is 2. The molecule has 152 valence electrons. The van der Waals surface area contributed by atoms with Crippen molar-refractivity contribution in [2.45, 2.75) is 26.4 Å². The van der Waals surface area contributed by atoms with Gasteiger partial charge in [0.2, 0.25) is 5.91 Å². The monoisotopic (exact) mass is 388 g/mol. The molecule has 2 aromatic carbocycles. The van der Waals surface area contributed by atoms with Gasteiger partial charge in [-0.3, -0.25) is 9.69 Å². The van der Waals surface area contributed by atoms with Gasteiger partial charge in [0.15, 0.2) is 11.5 Å². The van der Waals surface area contributed by atoms with Gasteiger partial charge in [-0.25, -0.2) is 4.39 Å².